The van der Waals surface area contributed by atoms with Gasteiger partial charge in [-0.05, 0) is 51.2 Å². The molecule has 3 atom stereocenters. The van der Waals surface area contributed by atoms with Gasteiger partial charge in [0.1, 0.15) is 11.7 Å². The summed E-state index contributed by atoms with van der Waals surface area (Å²) in [6, 6.07) is 0. The highest BCUT2D eigenvalue weighted by atomic mass is 28.4. The number of hydrogen-bond donors (Lipinski definition) is 1. The Hall–Kier alpha value is -0.203. The summed E-state index contributed by atoms with van der Waals surface area (Å²) >= 11 is 0. The van der Waals surface area contributed by atoms with Crippen molar-refractivity contribution in [2.75, 3.05) is 6.61 Å². The van der Waals surface area contributed by atoms with Crippen LogP contribution in [0.5, 0.6) is 0 Å². The average molecular weight is 371 g/mol. The maximum absolute atomic E-state index is 11.5. The van der Waals surface area contributed by atoms with Gasteiger partial charge in [-0.15, -0.1) is 6.58 Å². The first-order valence-corrected chi connectivity index (χ1v) is 12.5. The molecule has 4 nitrogen and oxygen atoms in total. The molecule has 1 aliphatic carbocycles. The first-order valence-electron chi connectivity index (χ1n) is 9.64. The van der Waals surface area contributed by atoms with Gasteiger partial charge in [-0.3, -0.25) is 0 Å². The minimum Gasteiger partial charge on any atom is -0.414 e. The van der Waals surface area contributed by atoms with Crippen LogP contribution in [0.1, 0.15) is 66.7 Å². The zero-order valence-electron chi connectivity index (χ0n) is 17.3. The summed E-state index contributed by atoms with van der Waals surface area (Å²) in [5.41, 5.74) is -1.66. The van der Waals surface area contributed by atoms with Crippen molar-refractivity contribution in [1.82, 2.24) is 0 Å². The summed E-state index contributed by atoms with van der Waals surface area (Å²) in [4.78, 5) is 0. The lowest BCUT2D eigenvalue weighted by atomic mass is 9.67. The van der Waals surface area contributed by atoms with Crippen LogP contribution in [0.4, 0.5) is 0 Å². The van der Waals surface area contributed by atoms with E-state index >= 15 is 0 Å². The van der Waals surface area contributed by atoms with E-state index in [1.165, 1.54) is 0 Å². The molecule has 25 heavy (non-hydrogen) atoms. The Bertz CT molecular complexity index is 496. The number of aliphatic hydroxyl groups is 1. The molecular weight excluding hydrogens is 332 g/mol. The monoisotopic (exact) mass is 370 g/mol. The van der Waals surface area contributed by atoms with Gasteiger partial charge in [0.2, 0.25) is 0 Å². The molecule has 2 fully saturated rings. The first-order chi connectivity index (χ1) is 11.3. The summed E-state index contributed by atoms with van der Waals surface area (Å²) in [5.74, 6) is -0.714. The van der Waals surface area contributed by atoms with Crippen LogP contribution in [0, 0.1) is 0 Å². The second-order valence-electron chi connectivity index (χ2n) is 9.80. The van der Waals surface area contributed by atoms with Crippen LogP contribution in [0.15, 0.2) is 12.7 Å². The molecule has 0 unspecified atom stereocenters. The molecule has 1 heterocycles. The van der Waals surface area contributed by atoms with Crippen molar-refractivity contribution in [2.45, 2.75) is 108 Å². The number of rotatable bonds is 5. The van der Waals surface area contributed by atoms with Gasteiger partial charge in [0.15, 0.2) is 14.1 Å². The van der Waals surface area contributed by atoms with Crippen molar-refractivity contribution in [3.63, 3.8) is 0 Å². The largest absolute Gasteiger partial charge is 0.414 e. The Morgan fingerprint density at radius 3 is 2.40 bits per heavy atom. The average Bonchev–Trinajstić information content (AvgIpc) is 2.71. The maximum Gasteiger partial charge on any atom is 0.192 e. The Morgan fingerprint density at radius 1 is 1.24 bits per heavy atom. The first kappa shape index (κ1) is 21.1. The molecule has 2 aliphatic rings. The van der Waals surface area contributed by atoms with Gasteiger partial charge in [0, 0.05) is 0 Å². The Kier molecular flexibility index (Phi) is 5.70. The summed E-state index contributed by atoms with van der Waals surface area (Å²) < 4.78 is 19.2. The molecule has 146 valence electrons. The van der Waals surface area contributed by atoms with E-state index in [9.17, 15) is 5.11 Å². The van der Waals surface area contributed by atoms with E-state index in [2.05, 4.69) is 40.4 Å². The van der Waals surface area contributed by atoms with Crippen LogP contribution in [0.25, 0.3) is 0 Å². The van der Waals surface area contributed by atoms with Crippen molar-refractivity contribution in [3.8, 4) is 0 Å². The van der Waals surface area contributed by atoms with Crippen molar-refractivity contribution >= 4 is 8.32 Å². The van der Waals surface area contributed by atoms with Crippen LogP contribution in [-0.2, 0) is 13.9 Å². The molecule has 0 radical (unpaired) electrons. The highest BCUT2D eigenvalue weighted by molar-refractivity contribution is 6.74. The van der Waals surface area contributed by atoms with E-state index in [0.717, 1.165) is 25.7 Å². The second kappa shape index (κ2) is 6.75. The molecular formula is C20H38O4Si. The minimum atomic E-state index is -1.90. The molecule has 1 spiro atoms. The topological polar surface area (TPSA) is 47.9 Å². The predicted octanol–water partition coefficient (Wildman–Crippen LogP) is 4.78. The van der Waals surface area contributed by atoms with Crippen LogP contribution >= 0.6 is 0 Å². The van der Waals surface area contributed by atoms with Gasteiger partial charge in [-0.2, -0.15) is 0 Å². The molecule has 1 aliphatic heterocycles. The predicted molar refractivity (Wildman–Crippen MR) is 104 cm³/mol. The molecule has 0 bridgehead atoms. The highest BCUT2D eigenvalue weighted by Crippen LogP contribution is 2.52. The highest BCUT2D eigenvalue weighted by Gasteiger charge is 2.64. The van der Waals surface area contributed by atoms with Gasteiger partial charge >= 0.3 is 0 Å². The smallest absolute Gasteiger partial charge is 0.192 e. The molecule has 1 N–H and O–H groups in total. The number of hydrogen-bond acceptors (Lipinski definition) is 4. The lowest BCUT2D eigenvalue weighted by Crippen LogP contribution is -2.63. The van der Waals surface area contributed by atoms with Crippen molar-refractivity contribution in [3.05, 3.63) is 12.7 Å². The quantitative estimate of drug-likeness (QED) is 0.559. The summed E-state index contributed by atoms with van der Waals surface area (Å²) in [5, 5.41) is 11.6. The maximum atomic E-state index is 11.5. The molecule has 1 saturated carbocycles. The fourth-order valence-corrected chi connectivity index (χ4v) is 5.01. The van der Waals surface area contributed by atoms with E-state index in [1.54, 1.807) is 6.08 Å². The third kappa shape index (κ3) is 3.91. The molecule has 0 aromatic heterocycles. The van der Waals surface area contributed by atoms with Crippen LogP contribution in [0.3, 0.4) is 0 Å². The molecule has 5 heteroatoms. The molecule has 0 aromatic rings. The fourth-order valence-electron chi connectivity index (χ4n) is 4.00. The van der Waals surface area contributed by atoms with Crippen molar-refractivity contribution in [2.24, 2.45) is 0 Å². The molecule has 2 rings (SSSR count). The third-order valence-electron chi connectivity index (χ3n) is 6.43. The van der Waals surface area contributed by atoms with E-state index in [0.29, 0.717) is 13.0 Å². The Morgan fingerprint density at radius 2 is 1.84 bits per heavy atom. The lowest BCUT2D eigenvalue weighted by Gasteiger charge is -2.50. The fraction of sp³-hybridized carbons (Fsp3) is 0.900. The van der Waals surface area contributed by atoms with Crippen LogP contribution in [-0.4, -0.2) is 43.1 Å². The van der Waals surface area contributed by atoms with E-state index < -0.39 is 25.3 Å². The molecule has 0 amide bonds. The standard InChI is InChI=1S/C20H38O4Si/c1-9-12-19(21)13-10-11-14-20(19)16(23-18(5,6)24-20)15-22-25(7,8)17(2,3)4/h9,16,21H,1,10-15H2,2-8H3/t16-,19-,20+/m1/s1. The summed E-state index contributed by atoms with van der Waals surface area (Å²) in [6.07, 6.45) is 5.61. The van der Waals surface area contributed by atoms with Crippen LogP contribution in [0.2, 0.25) is 18.1 Å². The van der Waals surface area contributed by atoms with Crippen molar-refractivity contribution in [1.29, 1.82) is 0 Å². The third-order valence-corrected chi connectivity index (χ3v) is 10.9. The minimum absolute atomic E-state index is 0.138. The second-order valence-corrected chi connectivity index (χ2v) is 14.6. The molecule has 1 saturated heterocycles. The van der Waals surface area contributed by atoms with E-state index in [-0.39, 0.29) is 11.1 Å². The molecule has 0 aromatic carbocycles. The Labute approximate surface area is 155 Å². The number of ether oxygens (including phenoxy) is 2. The van der Waals surface area contributed by atoms with E-state index in [4.69, 9.17) is 13.9 Å². The summed E-state index contributed by atoms with van der Waals surface area (Å²) in [7, 11) is -1.90. The Balaban J connectivity index is 2.29. The van der Waals surface area contributed by atoms with E-state index in [1.807, 2.05) is 13.8 Å². The zero-order chi connectivity index (χ0) is 19.1. The SMILES string of the molecule is C=CC[C@@]1(O)CCCC[C@@]12OC(C)(C)O[C@@H]2CO[Si](C)(C)C(C)(C)C. The van der Waals surface area contributed by atoms with Gasteiger partial charge in [0.25, 0.3) is 0 Å². The lowest BCUT2D eigenvalue weighted by molar-refractivity contribution is -0.228. The summed E-state index contributed by atoms with van der Waals surface area (Å²) in [6.45, 7) is 19.4. The van der Waals surface area contributed by atoms with Crippen LogP contribution < -0.4 is 0 Å². The van der Waals surface area contributed by atoms with Gasteiger partial charge < -0.3 is 19.0 Å². The normalized spacial score (nSPS) is 35.9. The zero-order valence-corrected chi connectivity index (χ0v) is 18.3. The van der Waals surface area contributed by atoms with Gasteiger partial charge in [-0.25, -0.2) is 0 Å². The van der Waals surface area contributed by atoms with Gasteiger partial charge in [-0.1, -0.05) is 39.7 Å². The van der Waals surface area contributed by atoms with Gasteiger partial charge in [0.05, 0.1) is 12.2 Å². The van der Waals surface area contributed by atoms with Crippen molar-refractivity contribution < 1.29 is 19.0 Å².